The van der Waals surface area contributed by atoms with Gasteiger partial charge in [-0.2, -0.15) is 0 Å². The van der Waals surface area contributed by atoms with Crippen LogP contribution in [0, 0.1) is 0 Å². The lowest BCUT2D eigenvalue weighted by molar-refractivity contribution is -0.138. The maximum absolute atomic E-state index is 12.1. The smallest absolute Gasteiger partial charge is 0.310 e. The second kappa shape index (κ2) is 5.67. The Morgan fingerprint density at radius 3 is 2.37 bits per heavy atom. The molecule has 0 saturated heterocycles. The Morgan fingerprint density at radius 1 is 1.26 bits per heavy atom. The van der Waals surface area contributed by atoms with E-state index in [4.69, 9.17) is 5.11 Å². The third-order valence-electron chi connectivity index (χ3n) is 2.83. The molecule has 1 N–H and O–H groups in total. The fraction of sp³-hybridized carbons (Fsp3) is 0.143. The minimum Gasteiger partial charge on any atom is -0.481 e. The summed E-state index contributed by atoms with van der Waals surface area (Å²) in [7, 11) is 0. The summed E-state index contributed by atoms with van der Waals surface area (Å²) in [6, 6.07) is 8.50. The van der Waals surface area contributed by atoms with Crippen molar-refractivity contribution in [3.63, 3.8) is 0 Å². The Kier molecular flexibility index (Phi) is 4.17. The van der Waals surface area contributed by atoms with Crippen molar-refractivity contribution in [3.8, 4) is 0 Å². The molecule has 3 nitrogen and oxygen atoms in total. The Balaban J connectivity index is 2.23. The van der Waals surface area contributed by atoms with Crippen LogP contribution in [-0.2, 0) is 4.79 Å². The van der Waals surface area contributed by atoms with E-state index in [0.717, 1.165) is 4.47 Å². The highest BCUT2D eigenvalue weighted by molar-refractivity contribution is 9.10. The quantitative estimate of drug-likeness (QED) is 0.859. The van der Waals surface area contributed by atoms with Gasteiger partial charge in [-0.3, -0.25) is 9.59 Å². The number of ketones is 1. The average Bonchev–Trinajstić information content (AvgIpc) is 2.84. The molecule has 0 spiro atoms. The van der Waals surface area contributed by atoms with Crippen molar-refractivity contribution in [2.24, 2.45) is 0 Å². The number of halogens is 1. The van der Waals surface area contributed by atoms with E-state index in [0.29, 0.717) is 16.0 Å². The molecule has 0 aliphatic heterocycles. The summed E-state index contributed by atoms with van der Waals surface area (Å²) in [6.45, 7) is 1.62. The van der Waals surface area contributed by atoms with Gasteiger partial charge in [0.2, 0.25) is 5.78 Å². The first kappa shape index (κ1) is 14.0. The van der Waals surface area contributed by atoms with Gasteiger partial charge in [0, 0.05) is 15.4 Å². The molecular weight excluding hydrogens is 328 g/mol. The van der Waals surface area contributed by atoms with Crippen LogP contribution in [0.1, 0.15) is 33.6 Å². The van der Waals surface area contributed by atoms with Crippen molar-refractivity contribution in [2.45, 2.75) is 12.8 Å². The van der Waals surface area contributed by atoms with E-state index in [1.54, 1.807) is 37.3 Å². The molecule has 5 heteroatoms. The first-order valence-electron chi connectivity index (χ1n) is 5.60. The van der Waals surface area contributed by atoms with E-state index in [-0.39, 0.29) is 5.78 Å². The molecule has 0 aliphatic carbocycles. The molecule has 2 aromatic rings. The fourth-order valence-electron chi connectivity index (χ4n) is 1.64. The summed E-state index contributed by atoms with van der Waals surface area (Å²) in [5, 5.41) is 10.8. The number of hydrogen-bond acceptors (Lipinski definition) is 3. The van der Waals surface area contributed by atoms with Gasteiger partial charge in [0.25, 0.3) is 0 Å². The van der Waals surface area contributed by atoms with Crippen LogP contribution in [0.2, 0.25) is 0 Å². The number of thiophene rings is 1. The summed E-state index contributed by atoms with van der Waals surface area (Å²) in [5.41, 5.74) is 1.26. The topological polar surface area (TPSA) is 54.4 Å². The van der Waals surface area contributed by atoms with Gasteiger partial charge in [-0.05, 0) is 34.5 Å². The van der Waals surface area contributed by atoms with E-state index in [9.17, 15) is 9.59 Å². The van der Waals surface area contributed by atoms with E-state index < -0.39 is 11.9 Å². The largest absolute Gasteiger partial charge is 0.481 e. The second-order valence-corrected chi connectivity index (χ2v) is 5.97. The summed E-state index contributed by atoms with van der Waals surface area (Å²) >= 11 is 4.69. The third-order valence-corrected chi connectivity index (χ3v) is 4.52. The molecule has 1 aromatic heterocycles. The van der Waals surface area contributed by atoms with Crippen molar-refractivity contribution in [1.82, 2.24) is 0 Å². The highest BCUT2D eigenvalue weighted by Gasteiger charge is 2.15. The molecule has 0 fully saturated rings. The van der Waals surface area contributed by atoms with E-state index in [2.05, 4.69) is 15.9 Å². The first-order valence-corrected chi connectivity index (χ1v) is 7.28. The molecule has 0 amide bonds. The summed E-state index contributed by atoms with van der Waals surface area (Å²) in [5.74, 6) is -1.49. The first-order chi connectivity index (χ1) is 8.99. The Morgan fingerprint density at radius 2 is 1.89 bits per heavy atom. The zero-order valence-corrected chi connectivity index (χ0v) is 12.5. The molecule has 0 saturated carbocycles. The van der Waals surface area contributed by atoms with Gasteiger partial charge in [-0.1, -0.05) is 24.3 Å². The van der Waals surface area contributed by atoms with Gasteiger partial charge in [-0.15, -0.1) is 11.3 Å². The zero-order valence-electron chi connectivity index (χ0n) is 10.1. The predicted octanol–water partition coefficient (Wildman–Crippen LogP) is 3.93. The van der Waals surface area contributed by atoms with Crippen molar-refractivity contribution in [1.29, 1.82) is 0 Å². The number of benzene rings is 1. The van der Waals surface area contributed by atoms with Crippen LogP contribution in [0.5, 0.6) is 0 Å². The number of carbonyl (C=O) groups excluding carboxylic acids is 1. The minimum absolute atomic E-state index is 0.0507. The van der Waals surface area contributed by atoms with Gasteiger partial charge < -0.3 is 5.11 Å². The molecule has 0 aliphatic rings. The Labute approximate surface area is 123 Å². The number of hydrogen-bond donors (Lipinski definition) is 1. The molecule has 2 rings (SSSR count). The lowest BCUT2D eigenvalue weighted by Gasteiger charge is -2.06. The van der Waals surface area contributed by atoms with E-state index in [1.165, 1.54) is 11.3 Å². The number of aliphatic carboxylic acids is 1. The van der Waals surface area contributed by atoms with E-state index >= 15 is 0 Å². The van der Waals surface area contributed by atoms with Crippen molar-refractivity contribution in [2.75, 3.05) is 0 Å². The number of carboxylic acid groups (broad SMARTS) is 1. The van der Waals surface area contributed by atoms with Crippen molar-refractivity contribution in [3.05, 3.63) is 56.2 Å². The highest BCUT2D eigenvalue weighted by atomic mass is 79.9. The molecule has 1 aromatic carbocycles. The second-order valence-electron chi connectivity index (χ2n) is 4.14. The van der Waals surface area contributed by atoms with Crippen LogP contribution in [0.4, 0.5) is 0 Å². The van der Waals surface area contributed by atoms with Crippen molar-refractivity contribution < 1.29 is 14.7 Å². The Hall–Kier alpha value is -1.46. The van der Waals surface area contributed by atoms with Crippen LogP contribution in [-0.4, -0.2) is 16.9 Å². The maximum atomic E-state index is 12.1. The van der Waals surface area contributed by atoms with Gasteiger partial charge >= 0.3 is 5.97 Å². The minimum atomic E-state index is -0.874. The number of carbonyl (C=O) groups is 2. The molecule has 1 atom stereocenters. The average molecular weight is 339 g/mol. The number of carboxylic acids is 1. The molecule has 98 valence electrons. The standard InChI is InChI=1S/C14H11BrO3S/c1-8(14(17)18)9-2-4-10(5-3-9)13(16)12-6-11(15)7-19-12/h2-8H,1H3,(H,17,18). The summed E-state index contributed by atoms with van der Waals surface area (Å²) in [4.78, 5) is 23.7. The molecular formula is C14H11BrO3S. The van der Waals surface area contributed by atoms with Crippen LogP contribution >= 0.6 is 27.3 Å². The lowest BCUT2D eigenvalue weighted by Crippen LogP contribution is -2.07. The summed E-state index contributed by atoms with van der Waals surface area (Å²) in [6.07, 6.45) is 0. The van der Waals surface area contributed by atoms with Crippen LogP contribution < -0.4 is 0 Å². The number of rotatable bonds is 4. The SMILES string of the molecule is CC(C(=O)O)c1ccc(C(=O)c2cc(Br)cs2)cc1. The molecule has 0 bridgehead atoms. The monoisotopic (exact) mass is 338 g/mol. The molecule has 0 radical (unpaired) electrons. The maximum Gasteiger partial charge on any atom is 0.310 e. The fourth-order valence-corrected chi connectivity index (χ4v) is 3.03. The Bertz CT molecular complexity index is 616. The van der Waals surface area contributed by atoms with Gasteiger partial charge in [0.05, 0.1) is 10.8 Å². The molecule has 1 heterocycles. The molecule has 19 heavy (non-hydrogen) atoms. The third kappa shape index (κ3) is 3.11. The predicted molar refractivity (Wildman–Crippen MR) is 77.9 cm³/mol. The highest BCUT2D eigenvalue weighted by Crippen LogP contribution is 2.23. The molecule has 1 unspecified atom stereocenters. The summed E-state index contributed by atoms with van der Waals surface area (Å²) < 4.78 is 0.886. The van der Waals surface area contributed by atoms with Gasteiger partial charge in [0.15, 0.2) is 0 Å². The normalized spacial score (nSPS) is 12.1. The van der Waals surface area contributed by atoms with Gasteiger partial charge in [0.1, 0.15) is 0 Å². The van der Waals surface area contributed by atoms with E-state index in [1.807, 2.05) is 5.38 Å². The van der Waals surface area contributed by atoms with Crippen LogP contribution in [0.15, 0.2) is 40.2 Å². The lowest BCUT2D eigenvalue weighted by atomic mass is 9.99. The van der Waals surface area contributed by atoms with Crippen molar-refractivity contribution >= 4 is 39.0 Å². The van der Waals surface area contributed by atoms with Crippen LogP contribution in [0.3, 0.4) is 0 Å². The van der Waals surface area contributed by atoms with Crippen LogP contribution in [0.25, 0.3) is 0 Å². The van der Waals surface area contributed by atoms with Gasteiger partial charge in [-0.25, -0.2) is 0 Å². The zero-order chi connectivity index (χ0) is 14.0.